The summed E-state index contributed by atoms with van der Waals surface area (Å²) >= 11 is 0. The van der Waals surface area contributed by atoms with E-state index in [0.717, 1.165) is 0 Å². The molecule has 0 unspecified atom stereocenters. The van der Waals surface area contributed by atoms with E-state index in [4.69, 9.17) is 57.7 Å². The second-order valence-corrected chi connectivity index (χ2v) is 4.02. The van der Waals surface area contributed by atoms with Crippen LogP contribution in [0.25, 0.3) is 0 Å². The van der Waals surface area contributed by atoms with Gasteiger partial charge in [0.25, 0.3) is 0 Å². The normalized spacial score (nSPS) is 9.83. The van der Waals surface area contributed by atoms with Crippen molar-refractivity contribution in [2.75, 3.05) is 0 Å². The van der Waals surface area contributed by atoms with E-state index in [9.17, 15) is 0 Å². The molecule has 0 aliphatic carbocycles. The largest absolute Gasteiger partial charge is 3.00 e. The average Bonchev–Trinajstić information content (AvgIpc) is 1.41. The predicted octanol–water partition coefficient (Wildman–Crippen LogP) is -9.24. The summed E-state index contributed by atoms with van der Waals surface area (Å²) in [5.41, 5.74) is 0. The van der Waals surface area contributed by atoms with Gasteiger partial charge in [-0.2, -0.15) is 23.5 Å². The first-order chi connectivity index (χ1) is 6.00. The van der Waals surface area contributed by atoms with E-state index in [1.54, 1.807) is 0 Å². The quantitative estimate of drug-likeness (QED) is 0.275. The zero-order chi connectivity index (χ0) is 13.5. The molecule has 0 atom stereocenters. The van der Waals surface area contributed by atoms with Gasteiger partial charge >= 0.3 is 52.1 Å². The summed E-state index contributed by atoms with van der Waals surface area (Å²) in [6, 6.07) is 0. The molecule has 0 saturated heterocycles. The molecular formula is Al2CrO12P3. The average molecular weight is 391 g/mol. The maximum Gasteiger partial charge on any atom is 3.00 e. The first kappa shape index (κ1) is 36.8. The second-order valence-electron chi connectivity index (χ2n) is 1.34. The van der Waals surface area contributed by atoms with Crippen molar-refractivity contribution in [3.63, 3.8) is 0 Å². The molecule has 0 fully saturated rings. The first-order valence-electron chi connectivity index (χ1n) is 2.19. The van der Waals surface area contributed by atoms with Crippen molar-refractivity contribution in [3.05, 3.63) is 0 Å². The molecular weight excluding hydrogens is 391 g/mol. The minimum atomic E-state index is -5.39. The summed E-state index contributed by atoms with van der Waals surface area (Å²) in [6.07, 6.45) is 0. The standard InChI is InChI=1S/2Al.Cr.3H3O4P/c;;;3*1-5(2,3)4/h;;;3*(H3,1,2,3,4)/q3*+3;;;/p-9. The van der Waals surface area contributed by atoms with Crippen LogP contribution in [-0.2, 0) is 31.1 Å². The van der Waals surface area contributed by atoms with E-state index >= 15 is 0 Å². The third kappa shape index (κ3) is 1380. The Balaban J connectivity index is -0.0000000277. The maximum absolute atomic E-state index is 8.55. The molecule has 0 aliphatic heterocycles. The molecule has 0 bridgehead atoms. The Bertz CT molecular complexity index is 211. The molecule has 0 amide bonds. The van der Waals surface area contributed by atoms with Crippen molar-refractivity contribution in [2.45, 2.75) is 0 Å². The van der Waals surface area contributed by atoms with E-state index in [1.165, 1.54) is 0 Å². The Morgan fingerprint density at radius 1 is 0.444 bits per heavy atom. The fourth-order valence-corrected chi connectivity index (χ4v) is 0. The van der Waals surface area contributed by atoms with Crippen molar-refractivity contribution in [3.8, 4) is 0 Å². The molecule has 1 radical (unpaired) electrons. The summed E-state index contributed by atoms with van der Waals surface area (Å²) in [5, 5.41) is 0. The van der Waals surface area contributed by atoms with Crippen molar-refractivity contribution < 1.29 is 75.1 Å². The van der Waals surface area contributed by atoms with Crippen LogP contribution in [-0.4, -0.2) is 34.7 Å². The van der Waals surface area contributed by atoms with Gasteiger partial charge in [-0.1, -0.05) is 0 Å². The van der Waals surface area contributed by atoms with Gasteiger partial charge in [-0.3, -0.25) is 0 Å². The van der Waals surface area contributed by atoms with Crippen molar-refractivity contribution in [1.82, 2.24) is 0 Å². The van der Waals surface area contributed by atoms with Crippen molar-refractivity contribution in [2.24, 2.45) is 0 Å². The van der Waals surface area contributed by atoms with Gasteiger partial charge in [-0.05, 0) is 0 Å². The summed E-state index contributed by atoms with van der Waals surface area (Å²) < 4.78 is 25.6. The first-order valence-corrected chi connectivity index (χ1v) is 6.57. The van der Waals surface area contributed by atoms with Crippen LogP contribution in [0.2, 0.25) is 0 Å². The molecule has 18 heavy (non-hydrogen) atoms. The van der Waals surface area contributed by atoms with Crippen LogP contribution in [0, 0.1) is 0 Å². The molecule has 0 N–H and O–H groups in total. The zero-order valence-corrected chi connectivity index (χ0v) is 14.1. The van der Waals surface area contributed by atoms with Crippen molar-refractivity contribution >= 4 is 58.2 Å². The van der Waals surface area contributed by atoms with E-state index in [2.05, 4.69) is 0 Å². The van der Waals surface area contributed by atoms with E-state index in [1.807, 2.05) is 0 Å². The summed E-state index contributed by atoms with van der Waals surface area (Å²) in [5.74, 6) is 0. The van der Waals surface area contributed by atoms with Gasteiger partial charge < -0.3 is 57.7 Å². The minimum absolute atomic E-state index is 0. The van der Waals surface area contributed by atoms with Crippen LogP contribution < -0.4 is 44.0 Å². The topological polar surface area (TPSA) is 259 Å². The number of phosphoric acid groups is 3. The Morgan fingerprint density at radius 3 is 0.444 bits per heavy atom. The second kappa shape index (κ2) is 15.3. The van der Waals surface area contributed by atoms with Crippen LogP contribution in [0.1, 0.15) is 0 Å². The molecule has 0 saturated carbocycles. The van der Waals surface area contributed by atoms with Gasteiger partial charge in [-0.15, -0.1) is 0 Å². The van der Waals surface area contributed by atoms with E-state index in [-0.39, 0.29) is 52.1 Å². The van der Waals surface area contributed by atoms with Crippen molar-refractivity contribution in [1.29, 1.82) is 0 Å². The summed E-state index contributed by atoms with van der Waals surface area (Å²) in [4.78, 5) is 76.9. The molecule has 99 valence electrons. The molecule has 18 heteroatoms. The third-order valence-electron chi connectivity index (χ3n) is 0. The number of rotatable bonds is 0. The van der Waals surface area contributed by atoms with Crippen LogP contribution >= 0.6 is 23.5 Å². The monoisotopic (exact) mass is 391 g/mol. The Morgan fingerprint density at radius 2 is 0.444 bits per heavy atom. The van der Waals surface area contributed by atoms with Gasteiger partial charge in [0.1, 0.15) is 0 Å². The molecule has 12 nitrogen and oxygen atoms in total. The molecule has 0 aromatic carbocycles. The predicted molar refractivity (Wildman–Crippen MR) is 34.3 cm³/mol. The van der Waals surface area contributed by atoms with Gasteiger partial charge in [0.15, 0.2) is 0 Å². The zero-order valence-electron chi connectivity index (χ0n) is 7.80. The van der Waals surface area contributed by atoms with Gasteiger partial charge in [0, 0.05) is 0 Å². The van der Waals surface area contributed by atoms with Gasteiger partial charge in [-0.25, -0.2) is 0 Å². The molecule has 0 aromatic heterocycles. The van der Waals surface area contributed by atoms with Gasteiger partial charge in [0.2, 0.25) is 0 Å². The molecule has 0 rings (SSSR count). The SMILES string of the molecule is O=P([O-])([O-])[O-].O=P([O-])([O-])[O-].O=P([O-])([O-])[O-].[Al+3].[Al+3].[Cr+3]. The smallest absolute Gasteiger partial charge is 0.822 e. The molecule has 0 heterocycles. The van der Waals surface area contributed by atoms with Crippen LogP contribution in [0.4, 0.5) is 0 Å². The van der Waals surface area contributed by atoms with E-state index < -0.39 is 23.5 Å². The summed E-state index contributed by atoms with van der Waals surface area (Å²) in [6.45, 7) is 0. The molecule has 0 spiro atoms. The molecule has 0 aliphatic rings. The maximum atomic E-state index is 8.55. The van der Waals surface area contributed by atoms with E-state index in [0.29, 0.717) is 0 Å². The van der Waals surface area contributed by atoms with Crippen LogP contribution in [0.15, 0.2) is 0 Å². The Kier molecular flexibility index (Phi) is 31.3. The van der Waals surface area contributed by atoms with Crippen LogP contribution in [0.5, 0.6) is 0 Å². The Labute approximate surface area is 133 Å². The third-order valence-corrected chi connectivity index (χ3v) is 0. The van der Waals surface area contributed by atoms with Gasteiger partial charge in [0.05, 0.1) is 0 Å². The number of hydrogen-bond acceptors (Lipinski definition) is 12. The minimum Gasteiger partial charge on any atom is -0.822 e. The summed E-state index contributed by atoms with van der Waals surface area (Å²) in [7, 11) is -16.2. The fraction of sp³-hybridized carbons (Fsp3) is 0. The Hall–Kier alpha value is 1.93. The number of hydrogen-bond donors (Lipinski definition) is 0. The fourth-order valence-electron chi connectivity index (χ4n) is 0. The molecule has 0 aromatic rings. The van der Waals surface area contributed by atoms with Crippen LogP contribution in [0.3, 0.4) is 0 Å².